The molecule has 3 aromatic heterocycles. The Hall–Kier alpha value is -3.72. The van der Waals surface area contributed by atoms with Crippen LogP contribution in [-0.2, 0) is 4.74 Å². The number of carbonyl (C=O) groups excluding carboxylic acids is 1. The number of carbonyl (C=O) groups is 1. The van der Waals surface area contributed by atoms with E-state index in [4.69, 9.17) is 9.47 Å². The fourth-order valence-corrected chi connectivity index (χ4v) is 3.21. The van der Waals surface area contributed by atoms with Gasteiger partial charge in [0.2, 0.25) is 0 Å². The Morgan fingerprint density at radius 1 is 1.20 bits per heavy atom. The highest BCUT2D eigenvalue weighted by Crippen LogP contribution is 2.26. The molecule has 1 amide bonds. The van der Waals surface area contributed by atoms with E-state index < -0.39 is 0 Å². The lowest BCUT2D eigenvalue weighted by molar-refractivity contribution is 0.0946. The third kappa shape index (κ3) is 3.74. The number of nitrogens with one attached hydrogen (secondary N) is 1. The average molecular weight is 406 g/mol. The first-order valence-corrected chi connectivity index (χ1v) is 9.51. The maximum atomic E-state index is 12.7. The van der Waals surface area contributed by atoms with E-state index in [1.807, 2.05) is 34.7 Å². The third-order valence-corrected chi connectivity index (χ3v) is 4.64. The second-order valence-corrected chi connectivity index (χ2v) is 6.55. The molecule has 0 spiro atoms. The summed E-state index contributed by atoms with van der Waals surface area (Å²) >= 11 is 0. The van der Waals surface area contributed by atoms with Gasteiger partial charge in [0.1, 0.15) is 11.4 Å². The molecule has 0 aliphatic carbocycles. The number of rotatable bonds is 8. The second-order valence-electron chi connectivity index (χ2n) is 6.55. The van der Waals surface area contributed by atoms with Crippen LogP contribution in [-0.4, -0.2) is 57.4 Å². The Bertz CT molecular complexity index is 1170. The molecule has 1 aromatic carbocycles. The second kappa shape index (κ2) is 8.75. The van der Waals surface area contributed by atoms with E-state index in [1.54, 1.807) is 43.7 Å². The topological polar surface area (TPSA) is 95.6 Å². The number of methoxy groups -OCH3 is 2. The van der Waals surface area contributed by atoms with Crippen LogP contribution >= 0.6 is 0 Å². The highest BCUT2D eigenvalue weighted by atomic mass is 16.5. The van der Waals surface area contributed by atoms with Gasteiger partial charge in [-0.2, -0.15) is 5.10 Å². The van der Waals surface area contributed by atoms with Gasteiger partial charge in [0.25, 0.3) is 5.91 Å². The minimum Gasteiger partial charge on any atom is -0.497 e. The summed E-state index contributed by atoms with van der Waals surface area (Å²) in [7, 11) is 3.25. The van der Waals surface area contributed by atoms with Gasteiger partial charge in [-0.15, -0.1) is 0 Å². The van der Waals surface area contributed by atoms with Crippen molar-refractivity contribution in [1.82, 2.24) is 29.5 Å². The Labute approximate surface area is 173 Å². The molecule has 9 nitrogen and oxygen atoms in total. The van der Waals surface area contributed by atoms with Crippen LogP contribution in [0.25, 0.3) is 22.7 Å². The van der Waals surface area contributed by atoms with E-state index >= 15 is 0 Å². The predicted molar refractivity (Wildman–Crippen MR) is 111 cm³/mol. The van der Waals surface area contributed by atoms with E-state index in [2.05, 4.69) is 20.4 Å². The molecule has 3 heterocycles. The van der Waals surface area contributed by atoms with Gasteiger partial charge in [-0.25, -0.2) is 9.67 Å². The quantitative estimate of drug-likeness (QED) is 0.451. The molecule has 0 atom stereocenters. The minimum atomic E-state index is -0.254. The molecule has 1 N–H and O–H groups in total. The summed E-state index contributed by atoms with van der Waals surface area (Å²) in [6, 6.07) is 9.44. The molecular formula is C21H22N6O3. The lowest BCUT2D eigenvalue weighted by atomic mass is 10.3. The molecule has 0 saturated carbocycles. The molecule has 0 radical (unpaired) electrons. The number of hydrogen-bond acceptors (Lipinski definition) is 6. The standard InChI is InChI=1S/C21H22N6O3/c1-29-12-4-8-23-21(28)19-18-14-22-10-11-26(18)20(25-19)17-7-9-24-27(17)15-5-3-6-16(13-15)30-2/h3,5-7,9-11,13-14H,4,8,12H2,1-2H3,(H,23,28). The van der Waals surface area contributed by atoms with Crippen LogP contribution in [0.2, 0.25) is 0 Å². The van der Waals surface area contributed by atoms with Crippen molar-refractivity contribution in [1.29, 1.82) is 0 Å². The van der Waals surface area contributed by atoms with Crippen LogP contribution in [0, 0.1) is 0 Å². The zero-order valence-corrected chi connectivity index (χ0v) is 16.8. The Kier molecular flexibility index (Phi) is 5.71. The van der Waals surface area contributed by atoms with Gasteiger partial charge in [-0.3, -0.25) is 14.2 Å². The van der Waals surface area contributed by atoms with Crippen molar-refractivity contribution in [3.8, 4) is 23.0 Å². The predicted octanol–water partition coefficient (Wildman–Crippen LogP) is 2.36. The number of imidazole rings is 1. The van der Waals surface area contributed by atoms with Crippen molar-refractivity contribution in [2.24, 2.45) is 0 Å². The molecule has 0 aliphatic heterocycles. The Morgan fingerprint density at radius 2 is 2.10 bits per heavy atom. The van der Waals surface area contributed by atoms with Gasteiger partial charge in [-0.1, -0.05) is 6.07 Å². The molecule has 0 fully saturated rings. The first kappa shape index (κ1) is 19.6. The first-order valence-electron chi connectivity index (χ1n) is 9.51. The van der Waals surface area contributed by atoms with Crippen molar-refractivity contribution in [2.75, 3.05) is 27.4 Å². The van der Waals surface area contributed by atoms with Crippen LogP contribution in [0.4, 0.5) is 0 Å². The van der Waals surface area contributed by atoms with Gasteiger partial charge in [0.15, 0.2) is 11.5 Å². The average Bonchev–Trinajstić information content (AvgIpc) is 3.41. The Balaban J connectivity index is 1.74. The van der Waals surface area contributed by atoms with Crippen molar-refractivity contribution < 1.29 is 14.3 Å². The maximum absolute atomic E-state index is 12.7. The highest BCUT2D eigenvalue weighted by Gasteiger charge is 2.21. The van der Waals surface area contributed by atoms with E-state index in [0.717, 1.165) is 23.6 Å². The van der Waals surface area contributed by atoms with E-state index in [0.29, 0.717) is 30.2 Å². The van der Waals surface area contributed by atoms with Crippen LogP contribution in [0.5, 0.6) is 5.75 Å². The number of fused-ring (bicyclic) bond motifs is 1. The van der Waals surface area contributed by atoms with Gasteiger partial charge in [0.05, 0.1) is 30.7 Å². The Morgan fingerprint density at radius 3 is 2.93 bits per heavy atom. The summed E-state index contributed by atoms with van der Waals surface area (Å²) in [6.07, 6.45) is 7.49. The van der Waals surface area contributed by atoms with Crippen LogP contribution < -0.4 is 10.1 Å². The molecule has 0 saturated heterocycles. The summed E-state index contributed by atoms with van der Waals surface area (Å²) in [4.78, 5) is 21.6. The highest BCUT2D eigenvalue weighted by molar-refractivity contribution is 5.99. The monoisotopic (exact) mass is 406 g/mol. The molecular weight excluding hydrogens is 384 g/mol. The summed E-state index contributed by atoms with van der Waals surface area (Å²) in [5, 5.41) is 7.33. The number of amides is 1. The lowest BCUT2D eigenvalue weighted by Gasteiger charge is -2.08. The number of hydrogen-bond donors (Lipinski definition) is 1. The minimum absolute atomic E-state index is 0.254. The molecule has 0 unspecified atom stereocenters. The van der Waals surface area contributed by atoms with Crippen LogP contribution in [0.1, 0.15) is 16.9 Å². The van der Waals surface area contributed by atoms with E-state index in [1.165, 1.54) is 0 Å². The SMILES string of the molecule is COCCCNC(=O)c1nc(-c2ccnn2-c2cccc(OC)c2)n2ccncc12. The van der Waals surface area contributed by atoms with E-state index in [9.17, 15) is 4.79 Å². The van der Waals surface area contributed by atoms with Gasteiger partial charge < -0.3 is 14.8 Å². The van der Waals surface area contributed by atoms with E-state index in [-0.39, 0.29) is 5.91 Å². The van der Waals surface area contributed by atoms with Crippen LogP contribution in [0.15, 0.2) is 55.1 Å². The van der Waals surface area contributed by atoms with Gasteiger partial charge >= 0.3 is 0 Å². The number of ether oxygens (including phenoxy) is 2. The molecule has 4 rings (SSSR count). The summed E-state index contributed by atoms with van der Waals surface area (Å²) in [6.45, 7) is 1.08. The number of benzene rings is 1. The smallest absolute Gasteiger partial charge is 0.272 e. The first-order chi connectivity index (χ1) is 14.7. The maximum Gasteiger partial charge on any atom is 0.272 e. The van der Waals surface area contributed by atoms with Crippen molar-refractivity contribution in [3.05, 3.63) is 60.8 Å². The fourth-order valence-electron chi connectivity index (χ4n) is 3.21. The van der Waals surface area contributed by atoms with Gasteiger partial charge in [0, 0.05) is 38.7 Å². The normalized spacial score (nSPS) is 11.0. The number of aromatic nitrogens is 5. The molecule has 30 heavy (non-hydrogen) atoms. The van der Waals surface area contributed by atoms with Gasteiger partial charge in [-0.05, 0) is 24.6 Å². The van der Waals surface area contributed by atoms with Crippen molar-refractivity contribution in [3.63, 3.8) is 0 Å². The molecule has 4 aromatic rings. The lowest BCUT2D eigenvalue weighted by Crippen LogP contribution is -2.25. The summed E-state index contributed by atoms with van der Waals surface area (Å²) in [5.41, 5.74) is 2.50. The summed E-state index contributed by atoms with van der Waals surface area (Å²) in [5.74, 6) is 1.06. The zero-order valence-electron chi connectivity index (χ0n) is 16.8. The molecule has 9 heteroatoms. The summed E-state index contributed by atoms with van der Waals surface area (Å²) < 4.78 is 14.0. The molecule has 154 valence electrons. The molecule has 0 bridgehead atoms. The number of nitrogens with zero attached hydrogens (tertiary/aromatic N) is 5. The van der Waals surface area contributed by atoms with Crippen molar-refractivity contribution >= 4 is 11.4 Å². The largest absolute Gasteiger partial charge is 0.497 e. The molecule has 0 aliphatic rings. The van der Waals surface area contributed by atoms with Crippen LogP contribution in [0.3, 0.4) is 0 Å². The third-order valence-electron chi connectivity index (χ3n) is 4.64. The zero-order chi connectivity index (χ0) is 20.9. The fraction of sp³-hybridized carbons (Fsp3) is 0.238. The van der Waals surface area contributed by atoms with Crippen molar-refractivity contribution in [2.45, 2.75) is 6.42 Å².